The zero-order valence-electron chi connectivity index (χ0n) is 14.9. The minimum absolute atomic E-state index is 0.00470. The molecule has 0 N–H and O–H groups in total. The summed E-state index contributed by atoms with van der Waals surface area (Å²) < 4.78 is 37.9. The quantitative estimate of drug-likeness (QED) is 0.526. The van der Waals surface area contributed by atoms with Gasteiger partial charge in [0.2, 0.25) is 15.9 Å². The summed E-state index contributed by atoms with van der Waals surface area (Å²) in [7, 11) is -2.85. The first-order valence-electron chi connectivity index (χ1n) is 8.57. The van der Waals surface area contributed by atoms with Gasteiger partial charge < -0.3 is 14.4 Å². The van der Waals surface area contributed by atoms with E-state index in [1.165, 1.54) is 19.2 Å². The fourth-order valence-electron chi connectivity index (χ4n) is 3.38. The number of morpholine rings is 1. The summed E-state index contributed by atoms with van der Waals surface area (Å²) in [4.78, 5) is 24.5. The van der Waals surface area contributed by atoms with Crippen LogP contribution in [0.4, 0.5) is 5.69 Å². The highest BCUT2D eigenvalue weighted by Gasteiger charge is 2.42. The second-order valence-corrected chi connectivity index (χ2v) is 8.16. The molecule has 2 saturated heterocycles. The van der Waals surface area contributed by atoms with Crippen molar-refractivity contribution in [2.24, 2.45) is 0 Å². The number of hydrogen-bond acceptors (Lipinski definition) is 7. The van der Waals surface area contributed by atoms with E-state index < -0.39 is 21.0 Å². The summed E-state index contributed by atoms with van der Waals surface area (Å²) in [6, 6.07) is 2.58. The monoisotopic (exact) mass is 399 g/mol. The zero-order chi connectivity index (χ0) is 19.6. The Morgan fingerprint density at radius 1 is 1.30 bits per heavy atom. The first-order valence-corrected chi connectivity index (χ1v) is 10.0. The summed E-state index contributed by atoms with van der Waals surface area (Å²) in [5.41, 5.74) is -0.357. The van der Waals surface area contributed by atoms with Gasteiger partial charge in [0.05, 0.1) is 25.2 Å². The van der Waals surface area contributed by atoms with Crippen molar-refractivity contribution in [3.63, 3.8) is 0 Å². The highest BCUT2D eigenvalue weighted by molar-refractivity contribution is 7.89. The number of ether oxygens (including phenoxy) is 2. The number of non-ortho nitro benzene ring substituents is 1. The molecule has 2 heterocycles. The maximum Gasteiger partial charge on any atom is 0.271 e. The van der Waals surface area contributed by atoms with Crippen LogP contribution in [-0.4, -0.2) is 74.5 Å². The van der Waals surface area contributed by atoms with E-state index >= 15 is 0 Å². The molecule has 0 saturated carbocycles. The molecule has 1 aromatic rings. The van der Waals surface area contributed by atoms with Gasteiger partial charge in [-0.3, -0.25) is 14.9 Å². The first-order chi connectivity index (χ1) is 12.9. The molecule has 2 aliphatic rings. The SMILES string of the molecule is COc1ccc([N+](=O)[O-])cc1S(=O)(=O)N1CCCC1C(=O)N1CCOCC1. The summed E-state index contributed by atoms with van der Waals surface area (Å²) in [6.45, 7) is 1.86. The molecule has 1 unspecified atom stereocenters. The van der Waals surface area contributed by atoms with Crippen molar-refractivity contribution in [2.75, 3.05) is 40.0 Å². The second-order valence-electron chi connectivity index (χ2n) is 6.30. The van der Waals surface area contributed by atoms with Gasteiger partial charge in [-0.2, -0.15) is 4.31 Å². The molecule has 0 radical (unpaired) electrons. The number of carbonyl (C=O) groups excluding carboxylic acids is 1. The fourth-order valence-corrected chi connectivity index (χ4v) is 5.20. The lowest BCUT2D eigenvalue weighted by Crippen LogP contribution is -2.51. The molecule has 11 heteroatoms. The number of carbonyl (C=O) groups is 1. The van der Waals surface area contributed by atoms with Gasteiger partial charge in [-0.15, -0.1) is 0 Å². The van der Waals surface area contributed by atoms with Crippen molar-refractivity contribution in [1.29, 1.82) is 0 Å². The van der Waals surface area contributed by atoms with E-state index in [4.69, 9.17) is 9.47 Å². The largest absolute Gasteiger partial charge is 0.495 e. The van der Waals surface area contributed by atoms with Crippen LogP contribution in [0.3, 0.4) is 0 Å². The van der Waals surface area contributed by atoms with Gasteiger partial charge in [0.15, 0.2) is 0 Å². The van der Waals surface area contributed by atoms with Crippen LogP contribution >= 0.6 is 0 Å². The summed E-state index contributed by atoms with van der Waals surface area (Å²) in [5, 5.41) is 11.1. The predicted molar refractivity (Wildman–Crippen MR) is 94.0 cm³/mol. The van der Waals surface area contributed by atoms with Crippen molar-refractivity contribution in [3.8, 4) is 5.75 Å². The van der Waals surface area contributed by atoms with Gasteiger partial charge in [-0.1, -0.05) is 0 Å². The Morgan fingerprint density at radius 3 is 2.63 bits per heavy atom. The minimum Gasteiger partial charge on any atom is -0.495 e. The number of rotatable bonds is 5. The van der Waals surface area contributed by atoms with Gasteiger partial charge in [-0.05, 0) is 18.9 Å². The molecular weight excluding hydrogens is 378 g/mol. The van der Waals surface area contributed by atoms with E-state index in [1.807, 2.05) is 0 Å². The molecule has 2 aliphatic heterocycles. The average molecular weight is 399 g/mol. The molecule has 2 fully saturated rings. The predicted octanol–water partition coefficient (Wildman–Crippen LogP) is 0.615. The number of nitro groups is 1. The Kier molecular flexibility index (Phi) is 5.63. The number of benzene rings is 1. The normalized spacial score (nSPS) is 21.2. The maximum absolute atomic E-state index is 13.2. The topological polar surface area (TPSA) is 119 Å². The van der Waals surface area contributed by atoms with Gasteiger partial charge in [-0.25, -0.2) is 8.42 Å². The molecular formula is C16H21N3O7S. The van der Waals surface area contributed by atoms with Crippen LogP contribution in [-0.2, 0) is 19.6 Å². The highest BCUT2D eigenvalue weighted by atomic mass is 32.2. The van der Waals surface area contributed by atoms with Gasteiger partial charge in [0.1, 0.15) is 16.7 Å². The lowest BCUT2D eigenvalue weighted by Gasteiger charge is -2.32. The Morgan fingerprint density at radius 2 is 2.00 bits per heavy atom. The molecule has 0 aliphatic carbocycles. The second kappa shape index (κ2) is 7.79. The molecule has 0 bridgehead atoms. The van der Waals surface area contributed by atoms with Gasteiger partial charge in [0.25, 0.3) is 5.69 Å². The van der Waals surface area contributed by atoms with E-state index in [2.05, 4.69) is 0 Å². The van der Waals surface area contributed by atoms with Gasteiger partial charge >= 0.3 is 0 Å². The molecule has 1 amide bonds. The van der Waals surface area contributed by atoms with Crippen molar-refractivity contribution >= 4 is 21.6 Å². The third-order valence-corrected chi connectivity index (χ3v) is 6.69. The Labute approximate surface area is 156 Å². The minimum atomic E-state index is -4.15. The third-order valence-electron chi connectivity index (χ3n) is 4.76. The number of amides is 1. The van der Waals surface area contributed by atoms with Crippen LogP contribution in [0.2, 0.25) is 0 Å². The Balaban J connectivity index is 1.94. The smallest absolute Gasteiger partial charge is 0.271 e. The van der Waals surface area contributed by atoms with E-state index in [9.17, 15) is 23.3 Å². The highest BCUT2D eigenvalue weighted by Crippen LogP contribution is 2.34. The number of hydrogen-bond donors (Lipinski definition) is 0. The van der Waals surface area contributed by atoms with Crippen LogP contribution in [0, 0.1) is 10.1 Å². The Hall–Kier alpha value is -2.24. The molecule has 0 spiro atoms. The van der Waals surface area contributed by atoms with Crippen LogP contribution in [0.1, 0.15) is 12.8 Å². The average Bonchev–Trinajstić information content (AvgIpc) is 3.18. The molecule has 3 rings (SSSR count). The molecule has 148 valence electrons. The summed E-state index contributed by atoms with van der Waals surface area (Å²) in [6.07, 6.45) is 0.948. The number of methoxy groups -OCH3 is 1. The molecule has 10 nitrogen and oxygen atoms in total. The van der Waals surface area contributed by atoms with Crippen molar-refractivity contribution < 1.29 is 27.6 Å². The number of nitrogens with zero attached hydrogens (tertiary/aromatic N) is 3. The summed E-state index contributed by atoms with van der Waals surface area (Å²) in [5.74, 6) is -0.256. The molecule has 27 heavy (non-hydrogen) atoms. The lowest BCUT2D eigenvalue weighted by atomic mass is 10.2. The van der Waals surface area contributed by atoms with Gasteiger partial charge in [0, 0.05) is 31.8 Å². The van der Waals surface area contributed by atoms with Crippen LogP contribution in [0.15, 0.2) is 23.1 Å². The lowest BCUT2D eigenvalue weighted by molar-refractivity contribution is -0.385. The van der Waals surface area contributed by atoms with Crippen molar-refractivity contribution in [1.82, 2.24) is 9.21 Å². The van der Waals surface area contributed by atoms with E-state index in [0.29, 0.717) is 39.1 Å². The van der Waals surface area contributed by atoms with Crippen molar-refractivity contribution in [3.05, 3.63) is 28.3 Å². The third kappa shape index (κ3) is 3.75. The molecule has 1 aromatic carbocycles. The number of nitro benzene ring substituents is 1. The van der Waals surface area contributed by atoms with Crippen LogP contribution in [0.25, 0.3) is 0 Å². The maximum atomic E-state index is 13.2. The van der Waals surface area contributed by atoms with E-state index in [1.54, 1.807) is 4.90 Å². The van der Waals surface area contributed by atoms with Crippen molar-refractivity contribution in [2.45, 2.75) is 23.8 Å². The van der Waals surface area contributed by atoms with E-state index in [-0.39, 0.29) is 28.8 Å². The van der Waals surface area contributed by atoms with Crippen LogP contribution < -0.4 is 4.74 Å². The van der Waals surface area contributed by atoms with E-state index in [0.717, 1.165) is 10.4 Å². The zero-order valence-corrected chi connectivity index (χ0v) is 15.7. The molecule has 1 atom stereocenters. The fraction of sp³-hybridized carbons (Fsp3) is 0.562. The summed E-state index contributed by atoms with van der Waals surface area (Å²) >= 11 is 0. The van der Waals surface area contributed by atoms with Crippen LogP contribution in [0.5, 0.6) is 5.75 Å². The number of sulfonamides is 1. The Bertz CT molecular complexity index is 836. The standard InChI is InChI=1S/C16H21N3O7S/c1-25-14-5-4-12(19(21)22)11-15(14)27(23,24)18-6-2-3-13(18)16(20)17-7-9-26-10-8-17/h4-5,11,13H,2-3,6-10H2,1H3. The first kappa shape index (κ1) is 19.5. The molecule has 0 aromatic heterocycles.